The molecule has 0 aliphatic heterocycles. The summed E-state index contributed by atoms with van der Waals surface area (Å²) in [6.45, 7) is 9.06. The van der Waals surface area contributed by atoms with E-state index in [9.17, 15) is 9.90 Å². The number of Topliss-reactive ketones (excluding diaryl/α,β-unsaturated/α-hetero) is 1. The lowest BCUT2D eigenvalue weighted by Gasteiger charge is -2.27. The molecule has 0 aromatic heterocycles. The number of ketones is 1. The van der Waals surface area contributed by atoms with Gasteiger partial charge in [0, 0.05) is 12.1 Å². The topological polar surface area (TPSA) is 40.5 Å². The number of rotatable bonds is 6. The minimum absolute atomic E-state index is 0.110. The minimum atomic E-state index is -0.776. The van der Waals surface area contributed by atoms with Crippen LogP contribution in [0.1, 0.15) is 36.7 Å². The molecule has 1 aromatic rings. The summed E-state index contributed by atoms with van der Waals surface area (Å²) in [5, 5.41) is 9.80. The number of nitrogens with zero attached hydrogens (tertiary/aromatic N) is 1. The highest BCUT2D eigenvalue weighted by atomic mass is 16.3. The molecule has 0 atom stereocenters. The summed E-state index contributed by atoms with van der Waals surface area (Å²) in [5.74, 6) is 0.110. The van der Waals surface area contributed by atoms with E-state index in [4.69, 9.17) is 0 Å². The van der Waals surface area contributed by atoms with Gasteiger partial charge in [0.1, 0.15) is 0 Å². The molecule has 0 bridgehead atoms. The first-order valence-electron chi connectivity index (χ1n) is 6.37. The fourth-order valence-corrected chi connectivity index (χ4v) is 2.00. The van der Waals surface area contributed by atoms with E-state index in [1.165, 1.54) is 0 Å². The Morgan fingerprint density at radius 1 is 1.33 bits per heavy atom. The van der Waals surface area contributed by atoms with Crippen molar-refractivity contribution < 1.29 is 9.90 Å². The molecule has 0 fully saturated rings. The van der Waals surface area contributed by atoms with Gasteiger partial charge in [0.25, 0.3) is 0 Å². The number of aliphatic hydroxyl groups is 1. The van der Waals surface area contributed by atoms with Crippen LogP contribution in [0.3, 0.4) is 0 Å². The number of aryl methyl sites for hydroxylation is 1. The fourth-order valence-electron chi connectivity index (χ4n) is 2.00. The largest absolute Gasteiger partial charge is 0.389 e. The molecule has 0 spiro atoms. The van der Waals surface area contributed by atoms with Gasteiger partial charge in [0.05, 0.1) is 12.1 Å². The quantitative estimate of drug-likeness (QED) is 0.786. The third kappa shape index (κ3) is 4.59. The second-order valence-corrected chi connectivity index (χ2v) is 5.35. The van der Waals surface area contributed by atoms with Crippen molar-refractivity contribution in [2.45, 2.75) is 33.3 Å². The highest BCUT2D eigenvalue weighted by molar-refractivity contribution is 5.98. The van der Waals surface area contributed by atoms with Crippen molar-refractivity contribution in [3.05, 3.63) is 35.4 Å². The molecule has 1 N–H and O–H groups in total. The van der Waals surface area contributed by atoms with Gasteiger partial charge in [-0.25, -0.2) is 0 Å². The van der Waals surface area contributed by atoms with Crippen molar-refractivity contribution in [1.29, 1.82) is 0 Å². The van der Waals surface area contributed by atoms with E-state index < -0.39 is 5.60 Å². The van der Waals surface area contributed by atoms with E-state index >= 15 is 0 Å². The highest BCUT2D eigenvalue weighted by Crippen LogP contribution is 2.10. The van der Waals surface area contributed by atoms with Crippen LogP contribution in [0.4, 0.5) is 0 Å². The molecule has 100 valence electrons. The van der Waals surface area contributed by atoms with Crippen molar-refractivity contribution in [3.63, 3.8) is 0 Å². The van der Waals surface area contributed by atoms with Crippen molar-refractivity contribution >= 4 is 5.78 Å². The summed E-state index contributed by atoms with van der Waals surface area (Å²) < 4.78 is 0. The van der Waals surface area contributed by atoms with Gasteiger partial charge >= 0.3 is 0 Å². The van der Waals surface area contributed by atoms with Crippen molar-refractivity contribution in [2.24, 2.45) is 0 Å². The first-order chi connectivity index (χ1) is 8.33. The summed E-state index contributed by atoms with van der Waals surface area (Å²) in [4.78, 5) is 14.2. The summed E-state index contributed by atoms with van der Waals surface area (Å²) >= 11 is 0. The second-order valence-electron chi connectivity index (χ2n) is 5.35. The van der Waals surface area contributed by atoms with Gasteiger partial charge in [-0.15, -0.1) is 0 Å². The standard InChI is InChI=1S/C15H23NO2/c1-5-16(11-15(3,4)18)10-14(17)13-9-7-6-8-12(13)2/h6-9,18H,5,10-11H2,1-4H3. The zero-order valence-corrected chi connectivity index (χ0v) is 11.7. The number of likely N-dealkylation sites (N-methyl/N-ethyl adjacent to an activating group) is 1. The number of hydrogen-bond donors (Lipinski definition) is 1. The van der Waals surface area contributed by atoms with Crippen LogP contribution in [0.25, 0.3) is 0 Å². The average molecular weight is 249 g/mol. The molecule has 0 aliphatic carbocycles. The molecule has 0 aliphatic rings. The van der Waals surface area contributed by atoms with Crippen LogP contribution in [-0.2, 0) is 0 Å². The average Bonchev–Trinajstić information content (AvgIpc) is 2.26. The van der Waals surface area contributed by atoms with E-state index in [-0.39, 0.29) is 5.78 Å². The summed E-state index contributed by atoms with van der Waals surface area (Å²) in [5.41, 5.74) is 0.996. The van der Waals surface area contributed by atoms with Crippen LogP contribution >= 0.6 is 0 Å². The van der Waals surface area contributed by atoms with Crippen LogP contribution in [0.15, 0.2) is 24.3 Å². The maximum absolute atomic E-state index is 12.2. The van der Waals surface area contributed by atoms with Gasteiger partial charge < -0.3 is 5.11 Å². The lowest BCUT2D eigenvalue weighted by molar-refractivity contribution is 0.0376. The lowest BCUT2D eigenvalue weighted by atomic mass is 10.0. The number of benzene rings is 1. The van der Waals surface area contributed by atoms with E-state index in [0.29, 0.717) is 13.1 Å². The lowest BCUT2D eigenvalue weighted by Crippen LogP contribution is -2.41. The van der Waals surface area contributed by atoms with Crippen LogP contribution in [-0.4, -0.2) is 41.0 Å². The maximum Gasteiger partial charge on any atom is 0.177 e. The SMILES string of the molecule is CCN(CC(=O)c1ccccc1C)CC(C)(C)O. The Kier molecular flexibility index (Phi) is 5.05. The fraction of sp³-hybridized carbons (Fsp3) is 0.533. The normalized spacial score (nSPS) is 11.9. The second kappa shape index (κ2) is 6.12. The first-order valence-corrected chi connectivity index (χ1v) is 6.37. The molecule has 0 saturated carbocycles. The Morgan fingerprint density at radius 3 is 2.44 bits per heavy atom. The van der Waals surface area contributed by atoms with Gasteiger partial charge in [0.2, 0.25) is 0 Å². The molecule has 18 heavy (non-hydrogen) atoms. The Morgan fingerprint density at radius 2 is 1.94 bits per heavy atom. The first kappa shape index (κ1) is 14.9. The Balaban J connectivity index is 2.71. The molecule has 3 nitrogen and oxygen atoms in total. The molecule has 1 rings (SSSR count). The number of carbonyl (C=O) groups excluding carboxylic acids is 1. The third-order valence-electron chi connectivity index (χ3n) is 2.87. The molecular formula is C15H23NO2. The number of carbonyl (C=O) groups is 1. The Hall–Kier alpha value is -1.19. The predicted octanol–water partition coefficient (Wildman–Crippen LogP) is 2.27. The van der Waals surface area contributed by atoms with Gasteiger partial charge in [-0.05, 0) is 32.9 Å². The summed E-state index contributed by atoms with van der Waals surface area (Å²) in [7, 11) is 0. The predicted molar refractivity (Wildman–Crippen MR) is 73.9 cm³/mol. The van der Waals surface area contributed by atoms with Crippen LogP contribution < -0.4 is 0 Å². The number of hydrogen-bond acceptors (Lipinski definition) is 3. The van der Waals surface area contributed by atoms with E-state index in [0.717, 1.165) is 17.7 Å². The molecule has 0 saturated heterocycles. The molecule has 0 radical (unpaired) electrons. The van der Waals surface area contributed by atoms with Gasteiger partial charge in [0.15, 0.2) is 5.78 Å². The molecule has 1 aromatic carbocycles. The zero-order valence-electron chi connectivity index (χ0n) is 11.7. The van der Waals surface area contributed by atoms with Crippen LogP contribution in [0, 0.1) is 6.92 Å². The smallest absolute Gasteiger partial charge is 0.177 e. The van der Waals surface area contributed by atoms with Gasteiger partial charge in [-0.2, -0.15) is 0 Å². The highest BCUT2D eigenvalue weighted by Gasteiger charge is 2.20. The van der Waals surface area contributed by atoms with Crippen LogP contribution in [0.5, 0.6) is 0 Å². The molecule has 3 heteroatoms. The maximum atomic E-state index is 12.2. The van der Waals surface area contributed by atoms with Crippen molar-refractivity contribution in [3.8, 4) is 0 Å². The van der Waals surface area contributed by atoms with Crippen LogP contribution in [0.2, 0.25) is 0 Å². The van der Waals surface area contributed by atoms with E-state index in [1.807, 2.05) is 43.0 Å². The summed E-state index contributed by atoms with van der Waals surface area (Å²) in [6.07, 6.45) is 0. The van der Waals surface area contributed by atoms with Gasteiger partial charge in [-0.3, -0.25) is 9.69 Å². The zero-order chi connectivity index (χ0) is 13.8. The molecule has 0 unspecified atom stereocenters. The van der Waals surface area contributed by atoms with Crippen molar-refractivity contribution in [2.75, 3.05) is 19.6 Å². The molecule has 0 heterocycles. The van der Waals surface area contributed by atoms with E-state index in [1.54, 1.807) is 13.8 Å². The molecule has 0 amide bonds. The Bertz CT molecular complexity index is 407. The summed E-state index contributed by atoms with van der Waals surface area (Å²) in [6, 6.07) is 7.61. The van der Waals surface area contributed by atoms with Gasteiger partial charge in [-0.1, -0.05) is 31.2 Å². The minimum Gasteiger partial charge on any atom is -0.389 e. The third-order valence-corrected chi connectivity index (χ3v) is 2.87. The van der Waals surface area contributed by atoms with E-state index in [2.05, 4.69) is 0 Å². The Labute approximate surface area is 109 Å². The van der Waals surface area contributed by atoms with Crippen molar-refractivity contribution in [1.82, 2.24) is 4.90 Å². The molecular weight excluding hydrogens is 226 g/mol. The monoisotopic (exact) mass is 249 g/mol.